The van der Waals surface area contributed by atoms with Crippen LogP contribution >= 0.6 is 0 Å². The van der Waals surface area contributed by atoms with Crippen LogP contribution in [0, 0.1) is 0 Å². The molecule has 118 valence electrons. The minimum absolute atomic E-state index is 0.964. The summed E-state index contributed by atoms with van der Waals surface area (Å²) in [5.74, 6) is 0. The molecule has 0 unspecified atom stereocenters. The molecule has 0 aliphatic carbocycles. The summed E-state index contributed by atoms with van der Waals surface area (Å²) in [6.07, 6.45) is 11.2. The molecule has 4 heteroatoms. The third kappa shape index (κ3) is 2.27. The van der Waals surface area contributed by atoms with Gasteiger partial charge in [-0.15, -0.1) is 0 Å². The lowest BCUT2D eigenvalue weighted by molar-refractivity contribution is 1.20. The Morgan fingerprint density at radius 1 is 0.680 bits per heavy atom. The Bertz CT molecular complexity index is 1180. The zero-order valence-corrected chi connectivity index (χ0v) is 13.4. The van der Waals surface area contributed by atoms with Crippen molar-refractivity contribution in [1.29, 1.82) is 0 Å². The van der Waals surface area contributed by atoms with Crippen LogP contribution < -0.4 is 0 Å². The monoisotopic (exact) mass is 322 g/mol. The van der Waals surface area contributed by atoms with Gasteiger partial charge in [-0.25, -0.2) is 4.98 Å². The molecule has 0 fully saturated rings. The van der Waals surface area contributed by atoms with Gasteiger partial charge in [-0.2, -0.15) is 0 Å². The summed E-state index contributed by atoms with van der Waals surface area (Å²) in [5.41, 5.74) is 5.48. The zero-order chi connectivity index (χ0) is 16.6. The van der Waals surface area contributed by atoms with Gasteiger partial charge in [-0.05, 0) is 52.9 Å². The summed E-state index contributed by atoms with van der Waals surface area (Å²) in [4.78, 5) is 12.8. The maximum absolute atomic E-state index is 4.66. The molecule has 4 nitrogen and oxygen atoms in total. The van der Waals surface area contributed by atoms with Crippen LogP contribution in [0.3, 0.4) is 0 Å². The third-order valence-corrected chi connectivity index (χ3v) is 4.48. The molecule has 4 heterocycles. The SMILES string of the molecule is c1cc(-c2ccc3c(ccn4c(-c5ccncc5)cnc34)c2)ccn1. The largest absolute Gasteiger partial charge is 0.299 e. The molecule has 4 aromatic heterocycles. The number of pyridine rings is 3. The molecule has 0 amide bonds. The Morgan fingerprint density at radius 2 is 1.40 bits per heavy atom. The zero-order valence-electron chi connectivity index (χ0n) is 13.4. The predicted octanol–water partition coefficient (Wildman–Crippen LogP) is 4.61. The number of nitrogens with zero attached hydrogens (tertiary/aromatic N) is 4. The van der Waals surface area contributed by atoms with Crippen molar-refractivity contribution < 1.29 is 0 Å². The van der Waals surface area contributed by atoms with Crippen molar-refractivity contribution >= 4 is 16.4 Å². The lowest BCUT2D eigenvalue weighted by atomic mass is 10.0. The fraction of sp³-hybridized carbons (Fsp3) is 0. The van der Waals surface area contributed by atoms with Crippen molar-refractivity contribution in [2.75, 3.05) is 0 Å². The van der Waals surface area contributed by atoms with Crippen LogP contribution in [0.15, 0.2) is 85.7 Å². The van der Waals surface area contributed by atoms with E-state index in [1.807, 2.05) is 42.9 Å². The maximum atomic E-state index is 4.66. The predicted molar refractivity (Wildman–Crippen MR) is 99.2 cm³/mol. The van der Waals surface area contributed by atoms with Crippen LogP contribution in [-0.2, 0) is 0 Å². The van der Waals surface area contributed by atoms with E-state index in [-0.39, 0.29) is 0 Å². The molecule has 0 bridgehead atoms. The van der Waals surface area contributed by atoms with E-state index in [0.717, 1.165) is 27.9 Å². The van der Waals surface area contributed by atoms with Crippen LogP contribution in [0.1, 0.15) is 0 Å². The molecule has 0 saturated heterocycles. The normalized spacial score (nSPS) is 11.2. The van der Waals surface area contributed by atoms with Crippen molar-refractivity contribution in [3.8, 4) is 22.4 Å². The highest BCUT2D eigenvalue weighted by molar-refractivity contribution is 5.97. The van der Waals surface area contributed by atoms with Gasteiger partial charge in [-0.1, -0.05) is 12.1 Å². The van der Waals surface area contributed by atoms with E-state index in [9.17, 15) is 0 Å². The highest BCUT2D eigenvalue weighted by Gasteiger charge is 2.09. The van der Waals surface area contributed by atoms with Crippen molar-refractivity contribution in [3.63, 3.8) is 0 Å². The number of fused-ring (bicyclic) bond motifs is 3. The Labute approximate surface area is 144 Å². The van der Waals surface area contributed by atoms with E-state index in [1.165, 1.54) is 10.9 Å². The lowest BCUT2D eigenvalue weighted by Crippen LogP contribution is -1.90. The van der Waals surface area contributed by atoms with E-state index in [2.05, 4.69) is 49.8 Å². The fourth-order valence-corrected chi connectivity index (χ4v) is 3.23. The van der Waals surface area contributed by atoms with Gasteiger partial charge < -0.3 is 0 Å². The Balaban J connectivity index is 1.70. The standard InChI is InChI=1S/C21H14N4/c1-2-19-18(13-17(1)15-3-8-22-9-4-15)7-12-25-20(14-24-21(19)25)16-5-10-23-11-6-16/h1-14H. The first-order valence-corrected chi connectivity index (χ1v) is 8.11. The van der Waals surface area contributed by atoms with Crippen LogP contribution in [-0.4, -0.2) is 19.4 Å². The highest BCUT2D eigenvalue weighted by atomic mass is 15.0. The number of benzene rings is 1. The number of hydrogen-bond acceptors (Lipinski definition) is 3. The first kappa shape index (κ1) is 13.9. The number of rotatable bonds is 2. The van der Waals surface area contributed by atoms with Crippen LogP contribution in [0.4, 0.5) is 0 Å². The minimum Gasteiger partial charge on any atom is -0.299 e. The van der Waals surface area contributed by atoms with Crippen molar-refractivity contribution in [3.05, 3.63) is 85.7 Å². The molecular formula is C21H14N4. The topological polar surface area (TPSA) is 43.1 Å². The Kier molecular flexibility index (Phi) is 3.07. The molecule has 0 aliphatic heterocycles. The van der Waals surface area contributed by atoms with Crippen molar-refractivity contribution in [2.24, 2.45) is 0 Å². The molecule has 0 spiro atoms. The van der Waals surface area contributed by atoms with Gasteiger partial charge in [0.25, 0.3) is 0 Å². The summed E-state index contributed by atoms with van der Waals surface area (Å²) in [7, 11) is 0. The molecule has 1 aromatic carbocycles. The molecular weight excluding hydrogens is 308 g/mol. The van der Waals surface area contributed by atoms with E-state index < -0.39 is 0 Å². The summed E-state index contributed by atoms with van der Waals surface area (Å²) >= 11 is 0. The minimum atomic E-state index is 0.964. The van der Waals surface area contributed by atoms with Gasteiger partial charge in [0.2, 0.25) is 0 Å². The first-order valence-electron chi connectivity index (χ1n) is 8.11. The molecule has 0 radical (unpaired) electrons. The van der Waals surface area contributed by atoms with E-state index in [4.69, 9.17) is 0 Å². The second kappa shape index (κ2) is 5.53. The average molecular weight is 322 g/mol. The summed E-state index contributed by atoms with van der Waals surface area (Å²) in [5, 5.41) is 2.31. The van der Waals surface area contributed by atoms with Crippen molar-refractivity contribution in [2.45, 2.75) is 0 Å². The number of aromatic nitrogens is 4. The summed E-state index contributed by atoms with van der Waals surface area (Å²) < 4.78 is 2.13. The van der Waals surface area contributed by atoms with Crippen LogP contribution in [0.2, 0.25) is 0 Å². The Hall–Kier alpha value is -3.53. The molecule has 5 rings (SSSR count). The number of imidazole rings is 1. The van der Waals surface area contributed by atoms with Gasteiger partial charge in [0, 0.05) is 41.9 Å². The lowest BCUT2D eigenvalue weighted by Gasteiger charge is -2.07. The van der Waals surface area contributed by atoms with E-state index >= 15 is 0 Å². The molecule has 0 saturated carbocycles. The number of hydrogen-bond donors (Lipinski definition) is 0. The molecule has 0 N–H and O–H groups in total. The van der Waals surface area contributed by atoms with Crippen molar-refractivity contribution in [1.82, 2.24) is 19.4 Å². The summed E-state index contributed by atoms with van der Waals surface area (Å²) in [6.45, 7) is 0. The molecule has 25 heavy (non-hydrogen) atoms. The maximum Gasteiger partial charge on any atom is 0.145 e. The van der Waals surface area contributed by atoms with Gasteiger partial charge in [0.15, 0.2) is 0 Å². The van der Waals surface area contributed by atoms with Gasteiger partial charge in [0.1, 0.15) is 5.65 Å². The summed E-state index contributed by atoms with van der Waals surface area (Å²) in [6, 6.07) is 16.7. The fourth-order valence-electron chi connectivity index (χ4n) is 3.23. The smallest absolute Gasteiger partial charge is 0.145 e. The third-order valence-electron chi connectivity index (χ3n) is 4.48. The van der Waals surface area contributed by atoms with E-state index in [0.29, 0.717) is 0 Å². The van der Waals surface area contributed by atoms with Gasteiger partial charge >= 0.3 is 0 Å². The van der Waals surface area contributed by atoms with E-state index in [1.54, 1.807) is 12.4 Å². The van der Waals surface area contributed by atoms with Crippen LogP contribution in [0.5, 0.6) is 0 Å². The molecule has 5 aromatic rings. The average Bonchev–Trinajstić information content (AvgIpc) is 3.13. The molecule has 0 atom stereocenters. The quantitative estimate of drug-likeness (QED) is 0.476. The van der Waals surface area contributed by atoms with Crippen LogP contribution in [0.25, 0.3) is 38.8 Å². The Morgan fingerprint density at radius 3 is 2.16 bits per heavy atom. The van der Waals surface area contributed by atoms with Gasteiger partial charge in [0.05, 0.1) is 11.9 Å². The first-order chi connectivity index (χ1) is 12.4. The molecule has 0 aliphatic rings. The van der Waals surface area contributed by atoms with Gasteiger partial charge in [-0.3, -0.25) is 14.4 Å². The second-order valence-corrected chi connectivity index (χ2v) is 5.93. The highest BCUT2D eigenvalue weighted by Crippen LogP contribution is 2.28. The second-order valence-electron chi connectivity index (χ2n) is 5.93.